The number of thioether (sulfide) groups is 1. The lowest BCUT2D eigenvalue weighted by molar-refractivity contribution is -0.127. The number of likely N-dealkylation sites (N-methyl/N-ethyl adjacent to an activating group) is 1. The predicted octanol–water partition coefficient (Wildman–Crippen LogP) is 1.21. The molecule has 0 aliphatic rings. The lowest BCUT2D eigenvalue weighted by Crippen LogP contribution is -2.45. The largest absolute Gasteiger partial charge is 0.355 e. The van der Waals surface area contributed by atoms with Crippen LogP contribution in [0, 0.1) is 0 Å². The summed E-state index contributed by atoms with van der Waals surface area (Å²) >= 11 is 1.28. The highest BCUT2D eigenvalue weighted by molar-refractivity contribution is 7.99. The summed E-state index contributed by atoms with van der Waals surface area (Å²) in [6.45, 7) is 4.03. The number of benzene rings is 1. The van der Waals surface area contributed by atoms with Crippen LogP contribution in [0.3, 0.4) is 0 Å². The highest BCUT2D eigenvalue weighted by Gasteiger charge is 2.16. The molecule has 0 saturated carbocycles. The molecule has 1 aromatic heterocycles. The molecule has 0 aliphatic carbocycles. The Bertz CT molecular complexity index is 702. The molecule has 0 spiro atoms. The molecule has 1 aromatic carbocycles. The lowest BCUT2D eigenvalue weighted by Gasteiger charge is -2.12. The maximum atomic E-state index is 12.0. The van der Waals surface area contributed by atoms with Crippen molar-refractivity contribution in [1.82, 2.24) is 25.4 Å². The second-order valence-electron chi connectivity index (χ2n) is 5.20. The Morgan fingerprint density at radius 3 is 2.62 bits per heavy atom. The van der Waals surface area contributed by atoms with Crippen LogP contribution in [-0.2, 0) is 16.6 Å². The normalized spacial score (nSPS) is 11.8. The van der Waals surface area contributed by atoms with E-state index in [-0.39, 0.29) is 17.6 Å². The number of nitrogens with zero attached hydrogens (tertiary/aromatic N) is 3. The van der Waals surface area contributed by atoms with Gasteiger partial charge in [-0.3, -0.25) is 9.59 Å². The second-order valence-corrected chi connectivity index (χ2v) is 6.15. The van der Waals surface area contributed by atoms with E-state index in [1.54, 1.807) is 6.92 Å². The van der Waals surface area contributed by atoms with Crippen LogP contribution >= 0.6 is 11.8 Å². The topological polar surface area (TPSA) is 88.9 Å². The number of nitrogens with one attached hydrogen (secondary N) is 2. The fourth-order valence-corrected chi connectivity index (χ4v) is 2.81. The van der Waals surface area contributed by atoms with Gasteiger partial charge in [0.15, 0.2) is 11.0 Å². The van der Waals surface area contributed by atoms with E-state index in [1.807, 2.05) is 48.9 Å². The number of carbonyl (C=O) groups is 2. The van der Waals surface area contributed by atoms with Crippen LogP contribution in [0.1, 0.15) is 13.8 Å². The zero-order valence-electron chi connectivity index (χ0n) is 13.9. The molecule has 8 heteroatoms. The zero-order valence-corrected chi connectivity index (χ0v) is 14.8. The van der Waals surface area contributed by atoms with Crippen molar-refractivity contribution in [2.24, 2.45) is 7.05 Å². The molecule has 128 valence electrons. The van der Waals surface area contributed by atoms with Crippen LogP contribution < -0.4 is 10.6 Å². The number of hydrogen-bond donors (Lipinski definition) is 2. The number of rotatable bonds is 7. The van der Waals surface area contributed by atoms with Crippen LogP contribution in [-0.4, -0.2) is 44.9 Å². The molecule has 0 radical (unpaired) electrons. The lowest BCUT2D eigenvalue weighted by atomic mass is 10.2. The average Bonchev–Trinajstić information content (AvgIpc) is 2.94. The third-order valence-corrected chi connectivity index (χ3v) is 4.34. The van der Waals surface area contributed by atoms with Crippen molar-refractivity contribution in [3.63, 3.8) is 0 Å². The third kappa shape index (κ3) is 4.58. The molecule has 0 bridgehead atoms. The molecule has 2 rings (SSSR count). The van der Waals surface area contributed by atoms with Gasteiger partial charge >= 0.3 is 0 Å². The van der Waals surface area contributed by atoms with E-state index < -0.39 is 6.04 Å². The fraction of sp³-hybridized carbons (Fsp3) is 0.375. The van der Waals surface area contributed by atoms with Crippen LogP contribution in [0.15, 0.2) is 35.5 Å². The Hall–Kier alpha value is -2.35. The van der Waals surface area contributed by atoms with Gasteiger partial charge in [0, 0.05) is 19.2 Å². The van der Waals surface area contributed by atoms with Crippen molar-refractivity contribution < 1.29 is 9.59 Å². The van der Waals surface area contributed by atoms with E-state index in [2.05, 4.69) is 20.8 Å². The summed E-state index contributed by atoms with van der Waals surface area (Å²) in [5.74, 6) is 0.503. The van der Waals surface area contributed by atoms with Gasteiger partial charge in [-0.05, 0) is 13.8 Å². The first-order chi connectivity index (χ1) is 11.5. The summed E-state index contributed by atoms with van der Waals surface area (Å²) < 4.78 is 1.85. The number of amides is 2. The van der Waals surface area contributed by atoms with E-state index in [0.717, 1.165) is 11.4 Å². The average molecular weight is 347 g/mol. The maximum Gasteiger partial charge on any atom is 0.242 e. The number of hydrogen-bond acceptors (Lipinski definition) is 5. The molecule has 1 atom stereocenters. The van der Waals surface area contributed by atoms with E-state index in [0.29, 0.717) is 11.7 Å². The molecular weight excluding hydrogens is 326 g/mol. The minimum absolute atomic E-state index is 0.171. The molecule has 2 aromatic rings. The van der Waals surface area contributed by atoms with Crippen molar-refractivity contribution >= 4 is 23.6 Å². The third-order valence-electron chi connectivity index (χ3n) is 3.32. The second kappa shape index (κ2) is 8.49. The molecule has 2 N–H and O–H groups in total. The molecule has 24 heavy (non-hydrogen) atoms. The summed E-state index contributed by atoms with van der Waals surface area (Å²) in [6, 6.07) is 9.17. The minimum Gasteiger partial charge on any atom is -0.355 e. The minimum atomic E-state index is -0.558. The molecule has 1 heterocycles. The highest BCUT2D eigenvalue weighted by Crippen LogP contribution is 2.22. The molecule has 0 unspecified atom stereocenters. The SMILES string of the molecule is CCNC(=O)[C@H](C)NC(=O)CSc1nnc(-c2ccccc2)n1C. The van der Waals surface area contributed by atoms with Crippen molar-refractivity contribution in [2.75, 3.05) is 12.3 Å². The zero-order chi connectivity index (χ0) is 17.5. The van der Waals surface area contributed by atoms with Gasteiger partial charge in [0.1, 0.15) is 6.04 Å². The quantitative estimate of drug-likeness (QED) is 0.735. The van der Waals surface area contributed by atoms with E-state index >= 15 is 0 Å². The van der Waals surface area contributed by atoms with Gasteiger partial charge in [-0.2, -0.15) is 0 Å². The van der Waals surface area contributed by atoms with Gasteiger partial charge in [0.05, 0.1) is 5.75 Å². The van der Waals surface area contributed by atoms with Crippen molar-refractivity contribution in [2.45, 2.75) is 25.0 Å². The standard InChI is InChI=1S/C16H21N5O2S/c1-4-17-15(23)11(2)18-13(22)10-24-16-20-19-14(21(16)3)12-8-6-5-7-9-12/h5-9,11H,4,10H2,1-3H3,(H,17,23)(H,18,22)/t11-/m0/s1. The Labute approximate surface area is 145 Å². The van der Waals surface area contributed by atoms with Crippen LogP contribution in [0.25, 0.3) is 11.4 Å². The summed E-state index contributed by atoms with van der Waals surface area (Å²) in [6.07, 6.45) is 0. The predicted molar refractivity (Wildman–Crippen MR) is 93.5 cm³/mol. The molecule has 0 fully saturated rings. The Balaban J connectivity index is 1.92. The van der Waals surface area contributed by atoms with Crippen molar-refractivity contribution in [1.29, 1.82) is 0 Å². The van der Waals surface area contributed by atoms with E-state index in [1.165, 1.54) is 11.8 Å². The summed E-state index contributed by atoms with van der Waals surface area (Å²) in [5, 5.41) is 14.3. The van der Waals surface area contributed by atoms with E-state index in [4.69, 9.17) is 0 Å². The molecule has 7 nitrogen and oxygen atoms in total. The smallest absolute Gasteiger partial charge is 0.242 e. The number of aromatic nitrogens is 3. The first-order valence-corrected chi connectivity index (χ1v) is 8.66. The van der Waals surface area contributed by atoms with Gasteiger partial charge in [-0.15, -0.1) is 10.2 Å². The van der Waals surface area contributed by atoms with Gasteiger partial charge in [0.2, 0.25) is 11.8 Å². The van der Waals surface area contributed by atoms with Crippen molar-refractivity contribution in [3.05, 3.63) is 30.3 Å². The molecule has 2 amide bonds. The van der Waals surface area contributed by atoms with Gasteiger partial charge < -0.3 is 15.2 Å². The van der Waals surface area contributed by atoms with Crippen molar-refractivity contribution in [3.8, 4) is 11.4 Å². The molecular formula is C16H21N5O2S. The van der Waals surface area contributed by atoms with Crippen LogP contribution in [0.4, 0.5) is 0 Å². The Morgan fingerprint density at radius 1 is 1.25 bits per heavy atom. The van der Waals surface area contributed by atoms with Gasteiger partial charge in [0.25, 0.3) is 0 Å². The van der Waals surface area contributed by atoms with Gasteiger partial charge in [-0.25, -0.2) is 0 Å². The first kappa shape index (κ1) is 18.0. The van der Waals surface area contributed by atoms with Crippen LogP contribution in [0.2, 0.25) is 0 Å². The molecule has 0 saturated heterocycles. The highest BCUT2D eigenvalue weighted by atomic mass is 32.2. The Morgan fingerprint density at radius 2 is 1.96 bits per heavy atom. The summed E-state index contributed by atoms with van der Waals surface area (Å²) in [4.78, 5) is 23.6. The fourth-order valence-electron chi connectivity index (χ4n) is 2.09. The summed E-state index contributed by atoms with van der Waals surface area (Å²) in [7, 11) is 1.86. The number of carbonyl (C=O) groups excluding carboxylic acids is 2. The summed E-state index contributed by atoms with van der Waals surface area (Å²) in [5.41, 5.74) is 0.966. The van der Waals surface area contributed by atoms with E-state index in [9.17, 15) is 9.59 Å². The van der Waals surface area contributed by atoms with Gasteiger partial charge in [-0.1, -0.05) is 42.1 Å². The molecule has 0 aliphatic heterocycles. The monoisotopic (exact) mass is 347 g/mol. The Kier molecular flexibility index (Phi) is 6.36. The van der Waals surface area contributed by atoms with Crippen LogP contribution in [0.5, 0.6) is 0 Å². The first-order valence-electron chi connectivity index (χ1n) is 7.67. The maximum absolute atomic E-state index is 12.0.